The van der Waals surface area contributed by atoms with Gasteiger partial charge in [0.25, 0.3) is 0 Å². The van der Waals surface area contributed by atoms with Crippen LogP contribution < -0.4 is 10.1 Å². The van der Waals surface area contributed by atoms with Gasteiger partial charge in [-0.25, -0.2) is 9.97 Å². The molecule has 5 nitrogen and oxygen atoms in total. The fraction of sp³-hybridized carbons (Fsp3) is 0.267. The van der Waals surface area contributed by atoms with Crippen molar-refractivity contribution in [2.45, 2.75) is 17.3 Å². The lowest BCUT2D eigenvalue weighted by Crippen LogP contribution is -2.34. The van der Waals surface area contributed by atoms with Crippen molar-refractivity contribution in [2.24, 2.45) is 0 Å². The maximum atomic E-state index is 11.9. The van der Waals surface area contributed by atoms with E-state index in [-0.39, 0.29) is 11.2 Å². The number of nitrogens with one attached hydrogen (secondary N) is 1. The van der Waals surface area contributed by atoms with E-state index in [2.05, 4.69) is 15.3 Å². The molecule has 1 aromatic carbocycles. The van der Waals surface area contributed by atoms with E-state index in [0.717, 1.165) is 5.75 Å². The quantitative estimate of drug-likeness (QED) is 0.478. The molecule has 7 heteroatoms. The van der Waals surface area contributed by atoms with Gasteiger partial charge >= 0.3 is 0 Å². The maximum Gasteiger partial charge on any atom is 0.233 e. The SMILES string of the molecule is C[C@H](Sc1ncccn1)C(=O)NCCOc1ccc(Cl)cc1. The van der Waals surface area contributed by atoms with Gasteiger partial charge in [-0.05, 0) is 37.3 Å². The summed E-state index contributed by atoms with van der Waals surface area (Å²) < 4.78 is 5.50. The van der Waals surface area contributed by atoms with E-state index in [1.54, 1.807) is 42.7 Å². The van der Waals surface area contributed by atoms with E-state index in [4.69, 9.17) is 16.3 Å². The number of thioether (sulfide) groups is 1. The van der Waals surface area contributed by atoms with Crippen molar-refractivity contribution in [1.29, 1.82) is 0 Å². The predicted octanol–water partition coefficient (Wildman–Crippen LogP) is 2.81. The Balaban J connectivity index is 1.67. The van der Waals surface area contributed by atoms with E-state index < -0.39 is 0 Å². The third-order valence-electron chi connectivity index (χ3n) is 2.68. The highest BCUT2D eigenvalue weighted by Crippen LogP contribution is 2.18. The maximum absolute atomic E-state index is 11.9. The first kappa shape index (κ1) is 16.6. The fourth-order valence-corrected chi connectivity index (χ4v) is 2.45. The molecule has 1 N–H and O–H groups in total. The molecule has 1 atom stereocenters. The van der Waals surface area contributed by atoms with Crippen LogP contribution in [0.25, 0.3) is 0 Å². The van der Waals surface area contributed by atoms with Gasteiger partial charge in [-0.3, -0.25) is 4.79 Å². The Kier molecular flexibility index (Phi) is 6.48. The molecule has 2 rings (SSSR count). The van der Waals surface area contributed by atoms with Gasteiger partial charge in [-0.15, -0.1) is 0 Å². The Morgan fingerprint density at radius 1 is 1.32 bits per heavy atom. The Morgan fingerprint density at radius 2 is 2.00 bits per heavy atom. The van der Waals surface area contributed by atoms with Crippen molar-refractivity contribution in [3.63, 3.8) is 0 Å². The van der Waals surface area contributed by atoms with Crippen LogP contribution in [0.4, 0.5) is 0 Å². The lowest BCUT2D eigenvalue weighted by molar-refractivity contribution is -0.120. The number of halogens is 1. The summed E-state index contributed by atoms with van der Waals surface area (Å²) >= 11 is 7.11. The van der Waals surface area contributed by atoms with Crippen LogP contribution in [0.5, 0.6) is 5.75 Å². The number of nitrogens with zero attached hydrogens (tertiary/aromatic N) is 2. The van der Waals surface area contributed by atoms with Crippen molar-refractivity contribution < 1.29 is 9.53 Å². The van der Waals surface area contributed by atoms with Gasteiger partial charge in [-0.2, -0.15) is 0 Å². The summed E-state index contributed by atoms with van der Waals surface area (Å²) in [6.07, 6.45) is 3.31. The zero-order chi connectivity index (χ0) is 15.8. The normalized spacial score (nSPS) is 11.7. The molecule has 1 heterocycles. The monoisotopic (exact) mass is 337 g/mol. The second-order valence-corrected chi connectivity index (χ2v) is 6.13. The topological polar surface area (TPSA) is 64.1 Å². The molecule has 0 aliphatic carbocycles. The molecule has 0 fully saturated rings. The standard InChI is InChI=1S/C15H16ClN3O2S/c1-11(22-15-18-7-2-8-19-15)14(20)17-9-10-21-13-5-3-12(16)4-6-13/h2-8,11H,9-10H2,1H3,(H,17,20)/t11-/m0/s1. The fourth-order valence-electron chi connectivity index (χ4n) is 1.58. The summed E-state index contributed by atoms with van der Waals surface area (Å²) in [6.45, 7) is 2.64. The van der Waals surface area contributed by atoms with Gasteiger partial charge in [0.15, 0.2) is 5.16 Å². The molecule has 0 unspecified atom stereocenters. The van der Waals surface area contributed by atoms with Gasteiger partial charge in [-0.1, -0.05) is 23.4 Å². The molecular weight excluding hydrogens is 322 g/mol. The average molecular weight is 338 g/mol. The summed E-state index contributed by atoms with van der Waals surface area (Å²) in [6, 6.07) is 8.83. The molecule has 2 aromatic rings. The third-order valence-corrected chi connectivity index (χ3v) is 3.92. The minimum Gasteiger partial charge on any atom is -0.492 e. The van der Waals surface area contributed by atoms with Crippen LogP contribution in [0.2, 0.25) is 5.02 Å². The molecule has 0 saturated carbocycles. The smallest absolute Gasteiger partial charge is 0.233 e. The predicted molar refractivity (Wildman–Crippen MR) is 87.3 cm³/mol. The van der Waals surface area contributed by atoms with Crippen LogP contribution in [0.15, 0.2) is 47.9 Å². The molecular formula is C15H16ClN3O2S. The van der Waals surface area contributed by atoms with Crippen molar-refractivity contribution in [2.75, 3.05) is 13.2 Å². The van der Waals surface area contributed by atoms with Gasteiger partial charge < -0.3 is 10.1 Å². The molecule has 0 bridgehead atoms. The second kappa shape index (κ2) is 8.60. The van der Waals surface area contributed by atoms with Crippen molar-refractivity contribution >= 4 is 29.3 Å². The van der Waals surface area contributed by atoms with Crippen LogP contribution in [0.3, 0.4) is 0 Å². The van der Waals surface area contributed by atoms with Crippen LogP contribution in [-0.4, -0.2) is 34.3 Å². The van der Waals surface area contributed by atoms with E-state index in [9.17, 15) is 4.79 Å². The number of ether oxygens (including phenoxy) is 1. The third kappa shape index (κ3) is 5.54. The van der Waals surface area contributed by atoms with Crippen molar-refractivity contribution in [3.05, 3.63) is 47.7 Å². The Hall–Kier alpha value is -1.79. The number of hydrogen-bond donors (Lipinski definition) is 1. The van der Waals surface area contributed by atoms with Crippen LogP contribution >= 0.6 is 23.4 Å². The molecule has 0 spiro atoms. The number of benzene rings is 1. The lowest BCUT2D eigenvalue weighted by Gasteiger charge is -2.11. The van der Waals surface area contributed by atoms with Crippen LogP contribution in [0.1, 0.15) is 6.92 Å². The summed E-state index contributed by atoms with van der Waals surface area (Å²) in [4.78, 5) is 20.1. The van der Waals surface area contributed by atoms with E-state index >= 15 is 0 Å². The number of carbonyl (C=O) groups is 1. The van der Waals surface area contributed by atoms with Crippen LogP contribution in [0, 0.1) is 0 Å². The van der Waals surface area contributed by atoms with Crippen molar-refractivity contribution in [1.82, 2.24) is 15.3 Å². The first-order valence-electron chi connectivity index (χ1n) is 6.75. The zero-order valence-electron chi connectivity index (χ0n) is 12.0. The Labute approximate surface area is 138 Å². The van der Waals surface area contributed by atoms with Gasteiger partial charge in [0.1, 0.15) is 12.4 Å². The molecule has 0 aliphatic heterocycles. The summed E-state index contributed by atoms with van der Waals surface area (Å²) in [5.41, 5.74) is 0. The first-order chi connectivity index (χ1) is 10.6. The molecule has 0 radical (unpaired) electrons. The first-order valence-corrected chi connectivity index (χ1v) is 8.00. The van der Waals surface area contributed by atoms with Crippen LogP contribution in [-0.2, 0) is 4.79 Å². The second-order valence-electron chi connectivity index (χ2n) is 4.38. The number of hydrogen-bond acceptors (Lipinski definition) is 5. The highest BCUT2D eigenvalue weighted by molar-refractivity contribution is 8.00. The molecule has 0 saturated heterocycles. The molecule has 1 amide bonds. The van der Waals surface area contributed by atoms with Gasteiger partial charge in [0.2, 0.25) is 5.91 Å². The molecule has 0 aliphatic rings. The number of aromatic nitrogens is 2. The summed E-state index contributed by atoms with van der Waals surface area (Å²) in [7, 11) is 0. The van der Waals surface area contributed by atoms with Crippen molar-refractivity contribution in [3.8, 4) is 5.75 Å². The molecule has 1 aromatic heterocycles. The number of carbonyl (C=O) groups excluding carboxylic acids is 1. The minimum atomic E-state index is -0.266. The van der Waals surface area contributed by atoms with E-state index in [1.807, 2.05) is 6.92 Å². The van der Waals surface area contributed by atoms with Gasteiger partial charge in [0.05, 0.1) is 11.8 Å². The number of amides is 1. The average Bonchev–Trinajstić information content (AvgIpc) is 2.54. The van der Waals surface area contributed by atoms with E-state index in [0.29, 0.717) is 23.3 Å². The summed E-state index contributed by atoms with van der Waals surface area (Å²) in [5.74, 6) is 0.649. The summed E-state index contributed by atoms with van der Waals surface area (Å²) in [5, 5.41) is 3.80. The molecule has 116 valence electrons. The lowest BCUT2D eigenvalue weighted by atomic mass is 10.3. The highest BCUT2D eigenvalue weighted by atomic mass is 35.5. The Morgan fingerprint density at radius 3 is 2.68 bits per heavy atom. The highest BCUT2D eigenvalue weighted by Gasteiger charge is 2.15. The largest absolute Gasteiger partial charge is 0.492 e. The molecule has 22 heavy (non-hydrogen) atoms. The number of rotatable bonds is 7. The van der Waals surface area contributed by atoms with E-state index in [1.165, 1.54) is 11.8 Å². The van der Waals surface area contributed by atoms with Gasteiger partial charge in [0, 0.05) is 17.4 Å². The zero-order valence-corrected chi connectivity index (χ0v) is 13.6. The Bertz CT molecular complexity index is 595. The minimum absolute atomic E-state index is 0.0721.